The molecule has 0 unspecified atom stereocenters. The Labute approximate surface area is 95.9 Å². The highest BCUT2D eigenvalue weighted by Gasteiger charge is 2.13. The highest BCUT2D eigenvalue weighted by atomic mass is 19.1. The molecule has 0 aliphatic carbocycles. The first-order valence-corrected chi connectivity index (χ1v) is 5.11. The van der Waals surface area contributed by atoms with Crippen molar-refractivity contribution >= 4 is 5.65 Å². The fraction of sp³-hybridized carbons (Fsp3) is 0.182. The van der Waals surface area contributed by atoms with Gasteiger partial charge in [0.05, 0.1) is 0 Å². The molecule has 86 valence electrons. The highest BCUT2D eigenvalue weighted by Crippen LogP contribution is 2.23. The van der Waals surface area contributed by atoms with Crippen LogP contribution in [0, 0.1) is 6.92 Å². The van der Waals surface area contributed by atoms with Crippen LogP contribution in [0.25, 0.3) is 17.1 Å². The molecule has 3 rings (SSSR count). The predicted octanol–water partition coefficient (Wildman–Crippen LogP) is 2.16. The fourth-order valence-electron chi connectivity index (χ4n) is 1.65. The molecule has 0 radical (unpaired) electrons. The van der Waals surface area contributed by atoms with Gasteiger partial charge in [-0.05, 0) is 19.1 Å². The Hall–Kier alpha value is -2.24. The molecule has 3 heterocycles. The second-order valence-electron chi connectivity index (χ2n) is 3.62. The summed E-state index contributed by atoms with van der Waals surface area (Å²) in [5.41, 5.74) is 1.06. The monoisotopic (exact) mass is 232 g/mol. The molecular formula is C11H9FN4O. The lowest BCUT2D eigenvalue weighted by atomic mass is 10.3. The van der Waals surface area contributed by atoms with Crippen LogP contribution in [0.2, 0.25) is 0 Å². The van der Waals surface area contributed by atoms with Gasteiger partial charge in [0.1, 0.15) is 5.76 Å². The van der Waals surface area contributed by atoms with Crippen molar-refractivity contribution in [2.45, 2.75) is 13.6 Å². The lowest BCUT2D eigenvalue weighted by molar-refractivity contribution is 0.465. The molecule has 6 heteroatoms. The van der Waals surface area contributed by atoms with E-state index < -0.39 is 6.67 Å². The largest absolute Gasteiger partial charge is 0.460 e. The van der Waals surface area contributed by atoms with E-state index in [2.05, 4.69) is 15.1 Å². The third-order valence-corrected chi connectivity index (χ3v) is 2.39. The first kappa shape index (κ1) is 9.95. The van der Waals surface area contributed by atoms with E-state index >= 15 is 0 Å². The lowest BCUT2D eigenvalue weighted by Gasteiger charge is -1.97. The Kier molecular flexibility index (Phi) is 2.14. The number of aromatic nitrogens is 4. The van der Waals surface area contributed by atoms with Crippen molar-refractivity contribution in [3.05, 3.63) is 36.1 Å². The number of halogens is 1. The topological polar surface area (TPSA) is 56.2 Å². The number of aryl methyl sites for hydroxylation is 1. The maximum absolute atomic E-state index is 12.5. The van der Waals surface area contributed by atoms with E-state index in [0.29, 0.717) is 17.1 Å². The first-order chi connectivity index (χ1) is 8.28. The van der Waals surface area contributed by atoms with Crippen molar-refractivity contribution in [2.75, 3.05) is 0 Å². The molecule has 5 nitrogen and oxygen atoms in total. The van der Waals surface area contributed by atoms with Gasteiger partial charge in [0.25, 0.3) is 0 Å². The van der Waals surface area contributed by atoms with Crippen molar-refractivity contribution < 1.29 is 8.81 Å². The zero-order valence-electron chi connectivity index (χ0n) is 9.09. The first-order valence-electron chi connectivity index (χ1n) is 5.11. The van der Waals surface area contributed by atoms with Crippen LogP contribution in [0.5, 0.6) is 0 Å². The number of nitrogens with zero attached hydrogens (tertiary/aromatic N) is 4. The van der Waals surface area contributed by atoms with Gasteiger partial charge in [0.2, 0.25) is 0 Å². The molecule has 3 aromatic heterocycles. The number of alkyl halides is 1. The summed E-state index contributed by atoms with van der Waals surface area (Å²) in [5.74, 6) is 1.53. The second-order valence-corrected chi connectivity index (χ2v) is 3.62. The van der Waals surface area contributed by atoms with Crippen molar-refractivity contribution in [2.24, 2.45) is 0 Å². The Morgan fingerprint density at radius 2 is 2.29 bits per heavy atom. The summed E-state index contributed by atoms with van der Waals surface area (Å²) < 4.78 is 19.5. The quantitative estimate of drug-likeness (QED) is 0.679. The molecule has 17 heavy (non-hydrogen) atoms. The van der Waals surface area contributed by atoms with E-state index in [1.54, 1.807) is 12.4 Å². The molecule has 0 bridgehead atoms. The standard InChI is InChI=1S/C11H9FN4O/c1-7-2-3-8(17-7)10-11-14-9(6-12)15-16(11)5-4-13-10/h2-5H,6H2,1H3. The van der Waals surface area contributed by atoms with Gasteiger partial charge in [0, 0.05) is 12.4 Å². The van der Waals surface area contributed by atoms with E-state index in [-0.39, 0.29) is 5.82 Å². The number of hydrogen-bond donors (Lipinski definition) is 0. The molecular weight excluding hydrogens is 223 g/mol. The van der Waals surface area contributed by atoms with Gasteiger partial charge >= 0.3 is 0 Å². The minimum atomic E-state index is -0.696. The van der Waals surface area contributed by atoms with Gasteiger partial charge in [-0.1, -0.05) is 0 Å². The molecule has 0 fully saturated rings. The number of rotatable bonds is 2. The number of fused-ring (bicyclic) bond motifs is 1. The summed E-state index contributed by atoms with van der Waals surface area (Å²) in [5, 5.41) is 3.97. The molecule has 0 aliphatic rings. The van der Waals surface area contributed by atoms with Crippen molar-refractivity contribution in [3.63, 3.8) is 0 Å². The minimum absolute atomic E-state index is 0.141. The zero-order chi connectivity index (χ0) is 11.8. The van der Waals surface area contributed by atoms with Crippen molar-refractivity contribution in [3.8, 4) is 11.5 Å². The van der Waals surface area contributed by atoms with E-state index in [0.717, 1.165) is 5.76 Å². The fourth-order valence-corrected chi connectivity index (χ4v) is 1.65. The average molecular weight is 232 g/mol. The molecule has 0 amide bonds. The van der Waals surface area contributed by atoms with Gasteiger partial charge in [-0.2, -0.15) is 0 Å². The van der Waals surface area contributed by atoms with Crippen LogP contribution in [0.3, 0.4) is 0 Å². The smallest absolute Gasteiger partial charge is 0.185 e. The zero-order valence-corrected chi connectivity index (χ0v) is 9.09. The molecule has 0 aliphatic heterocycles. The van der Waals surface area contributed by atoms with Gasteiger partial charge < -0.3 is 4.42 Å². The SMILES string of the molecule is Cc1ccc(-c2nccn3nc(CF)nc23)o1. The molecule has 0 aromatic carbocycles. The third-order valence-electron chi connectivity index (χ3n) is 2.39. The van der Waals surface area contributed by atoms with Crippen LogP contribution in [0.1, 0.15) is 11.6 Å². The van der Waals surface area contributed by atoms with Crippen LogP contribution < -0.4 is 0 Å². The number of hydrogen-bond acceptors (Lipinski definition) is 4. The van der Waals surface area contributed by atoms with Gasteiger partial charge in [-0.3, -0.25) is 0 Å². The Morgan fingerprint density at radius 3 is 3.00 bits per heavy atom. The Morgan fingerprint density at radius 1 is 1.41 bits per heavy atom. The molecule has 0 saturated carbocycles. The Bertz CT molecular complexity index is 673. The summed E-state index contributed by atoms with van der Waals surface area (Å²) in [6, 6.07) is 3.65. The van der Waals surface area contributed by atoms with Crippen LogP contribution in [-0.4, -0.2) is 19.6 Å². The van der Waals surface area contributed by atoms with Crippen molar-refractivity contribution in [1.82, 2.24) is 19.6 Å². The molecule has 0 spiro atoms. The van der Waals surface area contributed by atoms with E-state index in [9.17, 15) is 4.39 Å². The maximum atomic E-state index is 12.5. The van der Waals surface area contributed by atoms with Crippen LogP contribution in [0.4, 0.5) is 4.39 Å². The van der Waals surface area contributed by atoms with E-state index in [4.69, 9.17) is 4.42 Å². The summed E-state index contributed by atoms with van der Waals surface area (Å²) >= 11 is 0. The summed E-state index contributed by atoms with van der Waals surface area (Å²) in [4.78, 5) is 8.27. The van der Waals surface area contributed by atoms with Crippen molar-refractivity contribution in [1.29, 1.82) is 0 Å². The molecule has 3 aromatic rings. The number of furan rings is 1. The third kappa shape index (κ3) is 1.57. The van der Waals surface area contributed by atoms with Gasteiger partial charge in [-0.25, -0.2) is 18.9 Å². The lowest BCUT2D eigenvalue weighted by Crippen LogP contribution is -1.91. The molecule has 0 N–H and O–H groups in total. The van der Waals surface area contributed by atoms with Crippen LogP contribution in [-0.2, 0) is 6.67 Å². The summed E-state index contributed by atoms with van der Waals surface area (Å²) in [6.07, 6.45) is 3.21. The average Bonchev–Trinajstić information content (AvgIpc) is 2.93. The summed E-state index contributed by atoms with van der Waals surface area (Å²) in [6.45, 7) is 1.15. The van der Waals surface area contributed by atoms with Crippen LogP contribution in [0.15, 0.2) is 28.9 Å². The highest BCUT2D eigenvalue weighted by molar-refractivity contribution is 5.69. The van der Waals surface area contributed by atoms with Gasteiger partial charge in [0.15, 0.2) is 29.6 Å². The summed E-state index contributed by atoms with van der Waals surface area (Å²) in [7, 11) is 0. The van der Waals surface area contributed by atoms with Gasteiger partial charge in [-0.15, -0.1) is 5.10 Å². The van der Waals surface area contributed by atoms with E-state index in [1.165, 1.54) is 4.52 Å². The van der Waals surface area contributed by atoms with E-state index in [1.807, 2.05) is 19.1 Å². The normalized spacial score (nSPS) is 11.2. The Balaban J connectivity index is 2.25. The predicted molar refractivity (Wildman–Crippen MR) is 58.0 cm³/mol. The van der Waals surface area contributed by atoms with Crippen LogP contribution >= 0.6 is 0 Å². The minimum Gasteiger partial charge on any atom is -0.460 e. The molecule has 0 saturated heterocycles. The molecule has 0 atom stereocenters. The second kappa shape index (κ2) is 3.65. The maximum Gasteiger partial charge on any atom is 0.185 e.